The van der Waals surface area contributed by atoms with Gasteiger partial charge < -0.3 is 9.84 Å². The van der Waals surface area contributed by atoms with E-state index in [0.29, 0.717) is 6.42 Å². The van der Waals surface area contributed by atoms with Gasteiger partial charge in [0.05, 0.1) is 18.9 Å². The Bertz CT molecular complexity index is 253. The maximum absolute atomic E-state index is 11.1. The molecule has 0 atom stereocenters. The molecule has 0 aliphatic heterocycles. The van der Waals surface area contributed by atoms with Crippen LogP contribution in [0.4, 0.5) is 0 Å². The summed E-state index contributed by atoms with van der Waals surface area (Å²) >= 11 is 0. The first-order valence-electron chi connectivity index (χ1n) is 4.91. The van der Waals surface area contributed by atoms with Crippen LogP contribution in [0.15, 0.2) is 0 Å². The van der Waals surface area contributed by atoms with Gasteiger partial charge in [-0.15, -0.1) is 0 Å². The van der Waals surface area contributed by atoms with Gasteiger partial charge in [-0.25, -0.2) is 0 Å². The van der Waals surface area contributed by atoms with Crippen molar-refractivity contribution in [3.05, 3.63) is 0 Å². The van der Waals surface area contributed by atoms with E-state index in [1.807, 2.05) is 13.8 Å². The molecule has 15 heavy (non-hydrogen) atoms. The minimum Gasteiger partial charge on any atom is -0.481 e. The Kier molecular flexibility index (Phi) is 4.31. The van der Waals surface area contributed by atoms with E-state index in [4.69, 9.17) is 5.11 Å². The van der Waals surface area contributed by atoms with Crippen molar-refractivity contribution in [2.75, 3.05) is 7.11 Å². The zero-order valence-electron chi connectivity index (χ0n) is 10.1. The molecule has 0 aliphatic rings. The van der Waals surface area contributed by atoms with E-state index in [9.17, 15) is 9.59 Å². The molecule has 0 aromatic carbocycles. The molecule has 88 valence electrons. The van der Waals surface area contributed by atoms with E-state index in [0.717, 1.165) is 0 Å². The summed E-state index contributed by atoms with van der Waals surface area (Å²) in [6.45, 7) is 7.06. The van der Waals surface area contributed by atoms with Crippen molar-refractivity contribution < 1.29 is 19.4 Å². The Labute approximate surface area is 90.6 Å². The molecule has 0 amide bonds. The van der Waals surface area contributed by atoms with E-state index < -0.39 is 11.4 Å². The van der Waals surface area contributed by atoms with E-state index in [1.165, 1.54) is 7.11 Å². The maximum Gasteiger partial charge on any atom is 0.309 e. The van der Waals surface area contributed by atoms with Gasteiger partial charge in [0.2, 0.25) is 0 Å². The predicted octanol–water partition coefficient (Wildman–Crippen LogP) is 2.08. The third kappa shape index (κ3) is 4.81. The number of aliphatic carboxylic acids is 1. The number of carbonyl (C=O) groups excluding carboxylic acids is 1. The summed E-state index contributed by atoms with van der Waals surface area (Å²) in [5, 5.41) is 8.98. The molecule has 0 aliphatic carbocycles. The summed E-state index contributed by atoms with van der Waals surface area (Å²) in [7, 11) is 1.33. The second kappa shape index (κ2) is 4.64. The Morgan fingerprint density at radius 1 is 1.20 bits per heavy atom. The molecule has 0 aromatic rings. The monoisotopic (exact) mass is 216 g/mol. The molecule has 0 radical (unpaired) electrons. The number of methoxy groups -OCH3 is 1. The SMILES string of the molecule is COC(=O)CC(C)(C)CC(C)(C)C(=O)O. The van der Waals surface area contributed by atoms with E-state index in [2.05, 4.69) is 4.74 Å². The minimum atomic E-state index is -0.847. The van der Waals surface area contributed by atoms with Crippen molar-refractivity contribution in [1.82, 2.24) is 0 Å². The fourth-order valence-electron chi connectivity index (χ4n) is 1.80. The fraction of sp³-hybridized carbons (Fsp3) is 0.818. The van der Waals surface area contributed by atoms with Gasteiger partial charge in [-0.1, -0.05) is 13.8 Å². The van der Waals surface area contributed by atoms with Crippen LogP contribution in [0.1, 0.15) is 40.5 Å². The van der Waals surface area contributed by atoms with Gasteiger partial charge in [-0.2, -0.15) is 0 Å². The zero-order chi connectivity index (χ0) is 12.3. The topological polar surface area (TPSA) is 63.6 Å². The molecule has 0 rings (SSSR count). The molecule has 4 heteroatoms. The average Bonchev–Trinajstić information content (AvgIpc) is 2.00. The summed E-state index contributed by atoms with van der Waals surface area (Å²) in [5.41, 5.74) is -1.19. The van der Waals surface area contributed by atoms with Gasteiger partial charge in [-0.3, -0.25) is 9.59 Å². The predicted molar refractivity (Wildman–Crippen MR) is 56.4 cm³/mol. The van der Waals surface area contributed by atoms with Crippen LogP contribution in [0.25, 0.3) is 0 Å². The second-order valence-electron chi connectivity index (χ2n) is 5.28. The van der Waals surface area contributed by atoms with Gasteiger partial charge in [0.1, 0.15) is 0 Å². The maximum atomic E-state index is 11.1. The van der Waals surface area contributed by atoms with Gasteiger partial charge in [0.15, 0.2) is 0 Å². The first-order chi connectivity index (χ1) is 6.60. The van der Waals surface area contributed by atoms with Gasteiger partial charge >= 0.3 is 11.9 Å². The van der Waals surface area contributed by atoms with E-state index in [1.54, 1.807) is 13.8 Å². The lowest BCUT2D eigenvalue weighted by Gasteiger charge is -2.31. The highest BCUT2D eigenvalue weighted by molar-refractivity contribution is 5.74. The highest BCUT2D eigenvalue weighted by Crippen LogP contribution is 2.36. The number of esters is 1. The Hall–Kier alpha value is -1.06. The lowest BCUT2D eigenvalue weighted by molar-refractivity contribution is -0.151. The summed E-state index contributed by atoms with van der Waals surface area (Å²) < 4.78 is 4.57. The zero-order valence-corrected chi connectivity index (χ0v) is 10.1. The number of carboxylic acid groups (broad SMARTS) is 1. The molecule has 0 spiro atoms. The Morgan fingerprint density at radius 3 is 2.00 bits per heavy atom. The van der Waals surface area contributed by atoms with E-state index in [-0.39, 0.29) is 17.8 Å². The van der Waals surface area contributed by atoms with Crippen molar-refractivity contribution in [2.24, 2.45) is 10.8 Å². The highest BCUT2D eigenvalue weighted by atomic mass is 16.5. The summed E-state index contributed by atoms with van der Waals surface area (Å²) in [5.74, 6) is -1.15. The number of ether oxygens (including phenoxy) is 1. The van der Waals surface area contributed by atoms with Crippen molar-refractivity contribution in [2.45, 2.75) is 40.5 Å². The summed E-state index contributed by atoms with van der Waals surface area (Å²) in [4.78, 5) is 22.1. The van der Waals surface area contributed by atoms with Crippen LogP contribution >= 0.6 is 0 Å². The molecule has 0 heterocycles. The summed E-state index contributed by atoms with van der Waals surface area (Å²) in [6, 6.07) is 0. The van der Waals surface area contributed by atoms with Gasteiger partial charge in [0.25, 0.3) is 0 Å². The molecular weight excluding hydrogens is 196 g/mol. The quantitative estimate of drug-likeness (QED) is 0.714. The van der Waals surface area contributed by atoms with Crippen LogP contribution in [-0.2, 0) is 14.3 Å². The van der Waals surface area contributed by atoms with Gasteiger partial charge in [-0.05, 0) is 25.7 Å². The Morgan fingerprint density at radius 2 is 1.67 bits per heavy atom. The largest absolute Gasteiger partial charge is 0.481 e. The molecule has 1 N–H and O–H groups in total. The number of hydrogen-bond acceptors (Lipinski definition) is 3. The van der Waals surface area contributed by atoms with Crippen LogP contribution in [0.2, 0.25) is 0 Å². The number of carboxylic acids is 1. The average molecular weight is 216 g/mol. The molecule has 0 saturated heterocycles. The lowest BCUT2D eigenvalue weighted by atomic mass is 9.73. The van der Waals surface area contributed by atoms with Crippen molar-refractivity contribution in [3.63, 3.8) is 0 Å². The third-order valence-corrected chi connectivity index (χ3v) is 2.35. The van der Waals surface area contributed by atoms with Crippen LogP contribution in [-0.4, -0.2) is 24.2 Å². The lowest BCUT2D eigenvalue weighted by Crippen LogP contribution is -2.31. The molecule has 4 nitrogen and oxygen atoms in total. The smallest absolute Gasteiger partial charge is 0.309 e. The number of carbonyl (C=O) groups is 2. The second-order valence-corrected chi connectivity index (χ2v) is 5.28. The molecular formula is C11H20O4. The van der Waals surface area contributed by atoms with Crippen LogP contribution in [0.5, 0.6) is 0 Å². The minimum absolute atomic E-state index is 0.236. The molecule has 0 bridgehead atoms. The van der Waals surface area contributed by atoms with Crippen LogP contribution < -0.4 is 0 Å². The number of rotatable bonds is 5. The number of hydrogen-bond donors (Lipinski definition) is 1. The fourth-order valence-corrected chi connectivity index (χ4v) is 1.80. The van der Waals surface area contributed by atoms with Crippen molar-refractivity contribution in [3.8, 4) is 0 Å². The van der Waals surface area contributed by atoms with E-state index >= 15 is 0 Å². The van der Waals surface area contributed by atoms with Crippen molar-refractivity contribution >= 4 is 11.9 Å². The normalized spacial score (nSPS) is 12.3. The molecule has 0 aromatic heterocycles. The Balaban J connectivity index is 4.50. The molecule has 0 saturated carbocycles. The first-order valence-corrected chi connectivity index (χ1v) is 4.91. The molecule has 0 unspecified atom stereocenters. The standard InChI is InChI=1S/C11H20O4/c1-10(2,6-8(12)15-5)7-11(3,4)9(13)14/h6-7H2,1-5H3,(H,13,14). The van der Waals surface area contributed by atoms with Crippen LogP contribution in [0.3, 0.4) is 0 Å². The molecule has 0 fully saturated rings. The van der Waals surface area contributed by atoms with Crippen LogP contribution in [0, 0.1) is 10.8 Å². The first kappa shape index (κ1) is 13.9. The summed E-state index contributed by atoms with van der Waals surface area (Å²) in [6.07, 6.45) is 0.671. The third-order valence-electron chi connectivity index (χ3n) is 2.35. The van der Waals surface area contributed by atoms with Crippen molar-refractivity contribution in [1.29, 1.82) is 0 Å². The van der Waals surface area contributed by atoms with Gasteiger partial charge in [0, 0.05) is 0 Å². The highest BCUT2D eigenvalue weighted by Gasteiger charge is 2.35.